The Balaban J connectivity index is 1.61. The Morgan fingerprint density at radius 2 is 1.79 bits per heavy atom. The highest BCUT2D eigenvalue weighted by Crippen LogP contribution is 2.20. The molecule has 8 heteroatoms. The molecule has 6 nitrogen and oxygen atoms in total. The summed E-state index contributed by atoms with van der Waals surface area (Å²) in [6.07, 6.45) is 1.40. The summed E-state index contributed by atoms with van der Waals surface area (Å²) in [6.45, 7) is 3.83. The lowest BCUT2D eigenvalue weighted by molar-refractivity contribution is 0.191. The highest BCUT2D eigenvalue weighted by molar-refractivity contribution is 6.41. The Morgan fingerprint density at radius 3 is 2.42 bits per heavy atom. The summed E-state index contributed by atoms with van der Waals surface area (Å²) >= 11 is 11.7. The quantitative estimate of drug-likeness (QED) is 0.828. The second kappa shape index (κ2) is 7.42. The number of piperazine rings is 1. The first-order chi connectivity index (χ1) is 11.6. The van der Waals surface area contributed by atoms with Crippen molar-refractivity contribution >= 4 is 28.9 Å². The van der Waals surface area contributed by atoms with Crippen molar-refractivity contribution in [3.8, 4) is 5.75 Å². The zero-order valence-corrected chi connectivity index (χ0v) is 14.8. The van der Waals surface area contributed by atoms with E-state index < -0.39 is 0 Å². The summed E-state index contributed by atoms with van der Waals surface area (Å²) in [7, 11) is 1.66. The van der Waals surface area contributed by atoms with Crippen LogP contribution in [0.3, 0.4) is 0 Å². The standard InChI is InChI=1S/C16H18Cl2N4O2/c1-24-13-4-2-12(3-5-13)21-8-6-20(7-9-21)11-22-16(23)15(18)14(17)10-19-22/h2-5,10H,6-9,11H2,1H3. The molecule has 2 aromatic rings. The van der Waals surface area contributed by atoms with Crippen LogP contribution < -0.4 is 15.2 Å². The Kier molecular flexibility index (Phi) is 5.28. The molecule has 0 amide bonds. The number of anilines is 1. The zero-order valence-electron chi connectivity index (χ0n) is 13.3. The van der Waals surface area contributed by atoms with E-state index in [9.17, 15) is 4.79 Å². The fraction of sp³-hybridized carbons (Fsp3) is 0.375. The van der Waals surface area contributed by atoms with Gasteiger partial charge < -0.3 is 9.64 Å². The molecule has 0 radical (unpaired) electrons. The van der Waals surface area contributed by atoms with E-state index in [1.54, 1.807) is 7.11 Å². The minimum absolute atomic E-state index is 0.0172. The Morgan fingerprint density at radius 1 is 1.12 bits per heavy atom. The van der Waals surface area contributed by atoms with E-state index >= 15 is 0 Å². The van der Waals surface area contributed by atoms with Gasteiger partial charge in [0.1, 0.15) is 10.8 Å². The van der Waals surface area contributed by atoms with Crippen LogP contribution in [0.25, 0.3) is 0 Å². The number of halogens is 2. The number of hydrogen-bond donors (Lipinski definition) is 0. The SMILES string of the molecule is COc1ccc(N2CCN(Cn3ncc(Cl)c(Cl)c3=O)CC2)cc1. The second-order valence-electron chi connectivity index (χ2n) is 5.56. The van der Waals surface area contributed by atoms with Crippen LogP contribution >= 0.6 is 23.2 Å². The van der Waals surface area contributed by atoms with Crippen molar-refractivity contribution in [3.05, 3.63) is 50.9 Å². The van der Waals surface area contributed by atoms with Crippen LogP contribution in [0.5, 0.6) is 5.75 Å². The molecule has 1 fully saturated rings. The maximum Gasteiger partial charge on any atom is 0.288 e. The van der Waals surface area contributed by atoms with E-state index in [2.05, 4.69) is 27.0 Å². The highest BCUT2D eigenvalue weighted by atomic mass is 35.5. The van der Waals surface area contributed by atoms with E-state index in [1.165, 1.54) is 16.6 Å². The van der Waals surface area contributed by atoms with E-state index in [0.29, 0.717) is 6.67 Å². The minimum Gasteiger partial charge on any atom is -0.497 e. The lowest BCUT2D eigenvalue weighted by atomic mass is 10.2. The molecule has 0 bridgehead atoms. The monoisotopic (exact) mass is 368 g/mol. The molecule has 0 spiro atoms. The highest BCUT2D eigenvalue weighted by Gasteiger charge is 2.18. The molecule has 0 unspecified atom stereocenters. The van der Waals surface area contributed by atoms with Crippen LogP contribution in [-0.2, 0) is 6.67 Å². The van der Waals surface area contributed by atoms with E-state index in [1.807, 2.05) is 12.1 Å². The molecule has 1 aromatic carbocycles. The maximum absolute atomic E-state index is 12.0. The van der Waals surface area contributed by atoms with Crippen molar-refractivity contribution < 1.29 is 4.74 Å². The summed E-state index contributed by atoms with van der Waals surface area (Å²) < 4.78 is 6.53. The molecule has 24 heavy (non-hydrogen) atoms. The summed E-state index contributed by atoms with van der Waals surface area (Å²) in [6, 6.07) is 8.03. The molecule has 1 aliphatic heterocycles. The van der Waals surface area contributed by atoms with E-state index in [4.69, 9.17) is 27.9 Å². The van der Waals surface area contributed by atoms with Gasteiger partial charge in [0.15, 0.2) is 0 Å². The average molecular weight is 369 g/mol. The number of ether oxygens (including phenoxy) is 1. The van der Waals surface area contributed by atoms with Crippen LogP contribution in [0.15, 0.2) is 35.3 Å². The van der Waals surface area contributed by atoms with Crippen LogP contribution in [0.2, 0.25) is 10.0 Å². The number of hydrogen-bond acceptors (Lipinski definition) is 5. The normalized spacial score (nSPS) is 15.5. The summed E-state index contributed by atoms with van der Waals surface area (Å²) in [5, 5.41) is 4.25. The topological polar surface area (TPSA) is 50.6 Å². The van der Waals surface area contributed by atoms with Crippen LogP contribution in [-0.4, -0.2) is 48.0 Å². The van der Waals surface area contributed by atoms with Crippen LogP contribution in [0.1, 0.15) is 0 Å². The number of methoxy groups -OCH3 is 1. The van der Waals surface area contributed by atoms with Crippen molar-refractivity contribution in [2.45, 2.75) is 6.67 Å². The number of rotatable bonds is 4. The van der Waals surface area contributed by atoms with Crippen LogP contribution in [0.4, 0.5) is 5.69 Å². The molecule has 1 aromatic heterocycles. The van der Waals surface area contributed by atoms with Gasteiger partial charge in [-0.2, -0.15) is 5.10 Å². The van der Waals surface area contributed by atoms with Gasteiger partial charge in [-0.05, 0) is 24.3 Å². The van der Waals surface area contributed by atoms with Gasteiger partial charge in [-0.15, -0.1) is 0 Å². The van der Waals surface area contributed by atoms with Crippen molar-refractivity contribution in [2.75, 3.05) is 38.2 Å². The lowest BCUT2D eigenvalue weighted by Gasteiger charge is -2.36. The molecule has 128 valence electrons. The number of aromatic nitrogens is 2. The molecule has 0 atom stereocenters. The maximum atomic E-state index is 12.0. The van der Waals surface area contributed by atoms with Gasteiger partial charge in [-0.1, -0.05) is 23.2 Å². The predicted molar refractivity (Wildman–Crippen MR) is 95.3 cm³/mol. The summed E-state index contributed by atoms with van der Waals surface area (Å²) in [5.41, 5.74) is 0.807. The van der Waals surface area contributed by atoms with Crippen LogP contribution in [0, 0.1) is 0 Å². The Hall–Kier alpha value is -1.76. The smallest absolute Gasteiger partial charge is 0.288 e. The third kappa shape index (κ3) is 3.66. The number of nitrogens with zero attached hydrogens (tertiary/aromatic N) is 4. The molecular weight excluding hydrogens is 351 g/mol. The molecule has 1 saturated heterocycles. The summed E-state index contributed by atoms with van der Waals surface area (Å²) in [5.74, 6) is 0.849. The fourth-order valence-corrected chi connectivity index (χ4v) is 2.95. The van der Waals surface area contributed by atoms with Crippen molar-refractivity contribution in [2.24, 2.45) is 0 Å². The largest absolute Gasteiger partial charge is 0.497 e. The third-order valence-corrected chi connectivity index (χ3v) is 4.83. The number of benzene rings is 1. The fourth-order valence-electron chi connectivity index (χ4n) is 2.68. The first kappa shape index (κ1) is 17.1. The van der Waals surface area contributed by atoms with Crippen molar-refractivity contribution in [3.63, 3.8) is 0 Å². The molecule has 3 rings (SSSR count). The first-order valence-corrected chi connectivity index (χ1v) is 8.36. The molecule has 0 saturated carbocycles. The Bertz CT molecular complexity index is 756. The average Bonchev–Trinajstić information content (AvgIpc) is 2.63. The predicted octanol–water partition coefficient (Wildman–Crippen LogP) is 2.34. The van der Waals surface area contributed by atoms with E-state index in [-0.39, 0.29) is 15.6 Å². The first-order valence-electron chi connectivity index (χ1n) is 7.61. The van der Waals surface area contributed by atoms with E-state index in [0.717, 1.165) is 31.9 Å². The Labute approximate surface area is 150 Å². The minimum atomic E-state index is -0.359. The molecule has 2 heterocycles. The van der Waals surface area contributed by atoms with Gasteiger partial charge >= 0.3 is 0 Å². The van der Waals surface area contributed by atoms with Gasteiger partial charge in [0.25, 0.3) is 5.56 Å². The van der Waals surface area contributed by atoms with Gasteiger partial charge in [-0.25, -0.2) is 4.68 Å². The van der Waals surface area contributed by atoms with Crippen molar-refractivity contribution in [1.29, 1.82) is 0 Å². The zero-order chi connectivity index (χ0) is 17.1. The van der Waals surface area contributed by atoms with Gasteiger partial charge in [0.05, 0.1) is 25.0 Å². The van der Waals surface area contributed by atoms with Gasteiger partial charge in [0.2, 0.25) is 0 Å². The second-order valence-corrected chi connectivity index (χ2v) is 6.34. The summed E-state index contributed by atoms with van der Waals surface area (Å²) in [4.78, 5) is 16.5. The molecule has 0 aliphatic carbocycles. The molecule has 1 aliphatic rings. The van der Waals surface area contributed by atoms with Gasteiger partial charge in [0, 0.05) is 31.9 Å². The van der Waals surface area contributed by atoms with Gasteiger partial charge in [-0.3, -0.25) is 9.69 Å². The molecular formula is C16H18Cl2N4O2. The third-order valence-electron chi connectivity index (χ3n) is 4.09. The molecule has 0 N–H and O–H groups in total. The lowest BCUT2D eigenvalue weighted by Crippen LogP contribution is -2.48. The van der Waals surface area contributed by atoms with Crippen molar-refractivity contribution in [1.82, 2.24) is 14.7 Å².